The van der Waals surface area contributed by atoms with E-state index in [4.69, 9.17) is 4.74 Å². The average Bonchev–Trinajstić information content (AvgIpc) is 3.52. The Labute approximate surface area is 163 Å². The van der Waals surface area contributed by atoms with Gasteiger partial charge in [-0.1, -0.05) is 6.07 Å². The molecule has 1 aromatic heterocycles. The second kappa shape index (κ2) is 9.12. The smallest absolute Gasteiger partial charge is 0.325 e. The first-order chi connectivity index (χ1) is 13.6. The number of hydrogen-bond acceptors (Lipinski definition) is 5. The van der Waals surface area contributed by atoms with Crippen molar-refractivity contribution in [2.45, 2.75) is 19.8 Å². The molecule has 1 aliphatic rings. The maximum Gasteiger partial charge on any atom is 0.325 e. The van der Waals surface area contributed by atoms with Crippen LogP contribution in [0.5, 0.6) is 0 Å². The van der Waals surface area contributed by atoms with Gasteiger partial charge in [0.1, 0.15) is 6.54 Å². The number of pyridine rings is 1. The molecular weight excluding hydrogens is 358 g/mol. The molecule has 2 amide bonds. The highest BCUT2D eigenvalue weighted by atomic mass is 16.5. The van der Waals surface area contributed by atoms with Gasteiger partial charge in [-0.15, -0.1) is 0 Å². The fraction of sp³-hybridized carbons (Fsp3) is 0.333. The lowest BCUT2D eigenvalue weighted by Crippen LogP contribution is -2.38. The van der Waals surface area contributed by atoms with E-state index in [-0.39, 0.29) is 25.0 Å². The van der Waals surface area contributed by atoms with Gasteiger partial charge in [0.2, 0.25) is 0 Å². The summed E-state index contributed by atoms with van der Waals surface area (Å²) in [6.07, 6.45) is 5.19. The predicted molar refractivity (Wildman–Crippen MR) is 104 cm³/mol. The molecule has 146 valence electrons. The molecule has 3 rings (SSSR count). The zero-order chi connectivity index (χ0) is 19.9. The number of esters is 1. The highest BCUT2D eigenvalue weighted by Gasteiger charge is 2.29. The first-order valence-electron chi connectivity index (χ1n) is 9.33. The fourth-order valence-electron chi connectivity index (χ4n) is 2.81. The summed E-state index contributed by atoms with van der Waals surface area (Å²) in [6, 6.07) is 10.0. The minimum atomic E-state index is -0.419. The lowest BCUT2D eigenvalue weighted by atomic mass is 10.1. The summed E-state index contributed by atoms with van der Waals surface area (Å²) in [6.45, 7) is 2.47. The molecule has 1 N–H and O–H groups in total. The standard InChI is InChI=1S/C21H23N3O4/c1-2-28-19(25)14-24(13-15-8-9-15)21(27)16-5-3-7-18(11-16)23-20(26)17-6-4-10-22-12-17/h3-7,10-12,15H,2,8-9,13-14H2,1H3,(H,23,26). The topological polar surface area (TPSA) is 88.6 Å². The zero-order valence-corrected chi connectivity index (χ0v) is 15.8. The Kier molecular flexibility index (Phi) is 6.37. The van der Waals surface area contributed by atoms with Gasteiger partial charge in [-0.25, -0.2) is 0 Å². The molecule has 7 heteroatoms. The maximum absolute atomic E-state index is 13.0. The number of nitrogens with zero attached hydrogens (tertiary/aromatic N) is 2. The van der Waals surface area contributed by atoms with Gasteiger partial charge >= 0.3 is 5.97 Å². The zero-order valence-electron chi connectivity index (χ0n) is 15.8. The summed E-state index contributed by atoms with van der Waals surface area (Å²) < 4.78 is 4.99. The highest BCUT2D eigenvalue weighted by Crippen LogP contribution is 2.30. The Morgan fingerprint density at radius 1 is 1.18 bits per heavy atom. The quantitative estimate of drug-likeness (QED) is 0.711. The van der Waals surface area contributed by atoms with Crippen LogP contribution < -0.4 is 5.32 Å². The third-order valence-electron chi connectivity index (χ3n) is 4.38. The lowest BCUT2D eigenvalue weighted by molar-refractivity contribution is -0.143. The van der Waals surface area contributed by atoms with Crippen molar-refractivity contribution in [3.05, 3.63) is 59.9 Å². The van der Waals surface area contributed by atoms with Gasteiger partial charge in [-0.05, 0) is 56.0 Å². The van der Waals surface area contributed by atoms with Crippen LogP contribution in [0.4, 0.5) is 5.69 Å². The molecule has 0 aliphatic heterocycles. The van der Waals surface area contributed by atoms with E-state index in [0.29, 0.717) is 29.3 Å². The van der Waals surface area contributed by atoms with E-state index in [1.807, 2.05) is 0 Å². The van der Waals surface area contributed by atoms with Crippen LogP contribution in [0.25, 0.3) is 0 Å². The van der Waals surface area contributed by atoms with E-state index in [2.05, 4.69) is 10.3 Å². The summed E-state index contributed by atoms with van der Waals surface area (Å²) in [5.74, 6) is -0.541. The molecule has 0 unspecified atom stereocenters. The molecule has 1 saturated carbocycles. The van der Waals surface area contributed by atoms with E-state index in [1.165, 1.54) is 11.1 Å². The minimum Gasteiger partial charge on any atom is -0.465 e. The van der Waals surface area contributed by atoms with Crippen molar-refractivity contribution in [1.29, 1.82) is 0 Å². The van der Waals surface area contributed by atoms with Crippen LogP contribution in [0.1, 0.15) is 40.5 Å². The summed E-state index contributed by atoms with van der Waals surface area (Å²) in [5.41, 5.74) is 1.34. The molecule has 2 aromatic rings. The molecular formula is C21H23N3O4. The van der Waals surface area contributed by atoms with Crippen LogP contribution in [0, 0.1) is 5.92 Å². The molecule has 28 heavy (non-hydrogen) atoms. The van der Waals surface area contributed by atoms with Crippen molar-refractivity contribution in [2.75, 3.05) is 25.0 Å². The number of amides is 2. The number of anilines is 1. The Balaban J connectivity index is 1.72. The highest BCUT2D eigenvalue weighted by molar-refractivity contribution is 6.05. The number of hydrogen-bond donors (Lipinski definition) is 1. The fourth-order valence-corrected chi connectivity index (χ4v) is 2.81. The second-order valence-corrected chi connectivity index (χ2v) is 6.71. The summed E-state index contributed by atoms with van der Waals surface area (Å²) >= 11 is 0. The largest absolute Gasteiger partial charge is 0.465 e. The molecule has 1 fully saturated rings. The van der Waals surface area contributed by atoms with Crippen LogP contribution in [0.15, 0.2) is 48.8 Å². The van der Waals surface area contributed by atoms with E-state index >= 15 is 0 Å². The minimum absolute atomic E-state index is 0.0740. The Bertz CT molecular complexity index is 850. The Hall–Kier alpha value is -3.22. The van der Waals surface area contributed by atoms with Crippen molar-refractivity contribution in [3.63, 3.8) is 0 Å². The molecule has 0 saturated heterocycles. The van der Waals surface area contributed by atoms with Crippen LogP contribution in [0.3, 0.4) is 0 Å². The Morgan fingerprint density at radius 2 is 1.96 bits per heavy atom. The number of nitrogens with one attached hydrogen (secondary N) is 1. The van der Waals surface area contributed by atoms with E-state index in [9.17, 15) is 14.4 Å². The molecule has 0 radical (unpaired) electrons. The van der Waals surface area contributed by atoms with Crippen LogP contribution >= 0.6 is 0 Å². The number of ether oxygens (including phenoxy) is 1. The van der Waals surface area contributed by atoms with Crippen molar-refractivity contribution >= 4 is 23.5 Å². The first kappa shape index (κ1) is 19.5. The number of carbonyl (C=O) groups is 3. The predicted octanol–water partition coefficient (Wildman–Crippen LogP) is 2.75. The molecule has 0 atom stereocenters. The van der Waals surface area contributed by atoms with Gasteiger partial charge in [0.05, 0.1) is 12.2 Å². The first-order valence-corrected chi connectivity index (χ1v) is 9.33. The molecule has 7 nitrogen and oxygen atoms in total. The Morgan fingerprint density at radius 3 is 2.64 bits per heavy atom. The van der Waals surface area contributed by atoms with Crippen molar-refractivity contribution in [1.82, 2.24) is 9.88 Å². The molecule has 1 aromatic carbocycles. The average molecular weight is 381 g/mol. The van der Waals surface area contributed by atoms with Gasteiger partial charge in [0.15, 0.2) is 0 Å². The van der Waals surface area contributed by atoms with E-state index in [0.717, 1.165) is 12.8 Å². The number of aromatic nitrogens is 1. The SMILES string of the molecule is CCOC(=O)CN(CC1CC1)C(=O)c1cccc(NC(=O)c2cccnc2)c1. The van der Waals surface area contributed by atoms with Crippen LogP contribution in [0.2, 0.25) is 0 Å². The van der Waals surface area contributed by atoms with Gasteiger partial charge in [-0.2, -0.15) is 0 Å². The third kappa shape index (κ3) is 5.39. The van der Waals surface area contributed by atoms with E-state index < -0.39 is 5.97 Å². The van der Waals surface area contributed by atoms with Gasteiger partial charge < -0.3 is 15.0 Å². The normalized spacial score (nSPS) is 12.9. The van der Waals surface area contributed by atoms with Gasteiger partial charge in [0, 0.05) is 30.2 Å². The van der Waals surface area contributed by atoms with Crippen LogP contribution in [-0.2, 0) is 9.53 Å². The monoisotopic (exact) mass is 381 g/mol. The maximum atomic E-state index is 13.0. The van der Waals surface area contributed by atoms with Gasteiger partial charge in [0.25, 0.3) is 11.8 Å². The molecule has 1 aliphatic carbocycles. The number of rotatable bonds is 8. The lowest BCUT2D eigenvalue weighted by Gasteiger charge is -2.22. The molecule has 0 bridgehead atoms. The molecule has 0 spiro atoms. The van der Waals surface area contributed by atoms with Crippen molar-refractivity contribution in [3.8, 4) is 0 Å². The van der Waals surface area contributed by atoms with Gasteiger partial charge in [-0.3, -0.25) is 19.4 Å². The van der Waals surface area contributed by atoms with Crippen molar-refractivity contribution < 1.29 is 19.1 Å². The number of benzene rings is 1. The van der Waals surface area contributed by atoms with E-state index in [1.54, 1.807) is 49.5 Å². The van der Waals surface area contributed by atoms with Crippen molar-refractivity contribution in [2.24, 2.45) is 5.92 Å². The summed E-state index contributed by atoms with van der Waals surface area (Å²) in [7, 11) is 0. The second-order valence-electron chi connectivity index (χ2n) is 6.71. The summed E-state index contributed by atoms with van der Waals surface area (Å²) in [4.78, 5) is 42.6. The molecule has 1 heterocycles. The summed E-state index contributed by atoms with van der Waals surface area (Å²) in [5, 5.41) is 2.77. The third-order valence-corrected chi connectivity index (χ3v) is 4.38. The van der Waals surface area contributed by atoms with Crippen LogP contribution in [-0.4, -0.2) is 47.4 Å². The number of carbonyl (C=O) groups excluding carboxylic acids is 3.